The highest BCUT2D eigenvalue weighted by molar-refractivity contribution is 5.82. The lowest BCUT2D eigenvalue weighted by Crippen LogP contribution is -2.70. The summed E-state index contributed by atoms with van der Waals surface area (Å²) in [5.74, 6) is -1.16. The molecule has 0 saturated carbocycles. The van der Waals surface area contributed by atoms with Crippen LogP contribution in [0.25, 0.3) is 0 Å². The van der Waals surface area contributed by atoms with Crippen molar-refractivity contribution in [2.75, 3.05) is 26.2 Å². The van der Waals surface area contributed by atoms with E-state index in [-0.39, 0.29) is 13.2 Å². The predicted molar refractivity (Wildman–Crippen MR) is 76.9 cm³/mol. The van der Waals surface area contributed by atoms with Crippen LogP contribution in [-0.4, -0.2) is 65.2 Å². The van der Waals surface area contributed by atoms with Crippen molar-refractivity contribution in [1.29, 1.82) is 0 Å². The first-order valence-electron chi connectivity index (χ1n) is 7.25. The summed E-state index contributed by atoms with van der Waals surface area (Å²) in [6.07, 6.45) is -1.09. The highest BCUT2D eigenvalue weighted by Gasteiger charge is 2.61. The van der Waals surface area contributed by atoms with Crippen molar-refractivity contribution in [2.24, 2.45) is 5.73 Å². The van der Waals surface area contributed by atoms with Gasteiger partial charge in [-0.3, -0.25) is 0 Å². The number of likely N-dealkylation sites (tertiary alicyclic amines) is 1. The number of ether oxygens (including phenoxy) is 2. The number of hydrogen-bond acceptors (Lipinski definition) is 6. The zero-order chi connectivity index (χ0) is 17.2. The van der Waals surface area contributed by atoms with E-state index in [1.807, 2.05) is 0 Å². The standard InChI is InChI=1S/C14H25FN2O5/c1-5-21-10(18)14(15)6-7-17(9-13(14,20)8-16)11(19)22-12(2,3)4/h20H,5-9,16H2,1-4H3. The smallest absolute Gasteiger partial charge is 0.410 e. The molecule has 0 aromatic heterocycles. The number of esters is 1. The molecule has 0 aromatic rings. The van der Waals surface area contributed by atoms with Crippen molar-refractivity contribution in [3.05, 3.63) is 0 Å². The van der Waals surface area contributed by atoms with Gasteiger partial charge in [-0.25, -0.2) is 14.0 Å². The van der Waals surface area contributed by atoms with E-state index >= 15 is 0 Å². The minimum atomic E-state index is -2.64. The lowest BCUT2D eigenvalue weighted by Gasteiger charge is -2.46. The quantitative estimate of drug-likeness (QED) is 0.738. The number of piperidine rings is 1. The summed E-state index contributed by atoms with van der Waals surface area (Å²) < 4.78 is 24.9. The number of aliphatic hydroxyl groups is 1. The first kappa shape index (κ1) is 18.6. The van der Waals surface area contributed by atoms with E-state index in [1.165, 1.54) is 0 Å². The number of nitrogens with zero attached hydrogens (tertiary/aromatic N) is 1. The molecule has 7 nitrogen and oxygen atoms in total. The van der Waals surface area contributed by atoms with E-state index in [0.717, 1.165) is 4.90 Å². The molecule has 0 spiro atoms. The average molecular weight is 320 g/mol. The Morgan fingerprint density at radius 2 is 2.00 bits per heavy atom. The zero-order valence-corrected chi connectivity index (χ0v) is 13.5. The molecule has 128 valence electrons. The molecular formula is C14H25FN2O5. The number of β-amino-alcohol motifs (C(OH)–C–C–N with tert-alkyl or cyclic N) is 1. The van der Waals surface area contributed by atoms with Crippen molar-refractivity contribution in [2.45, 2.75) is 51.0 Å². The van der Waals surface area contributed by atoms with Crippen LogP contribution in [-0.2, 0) is 14.3 Å². The minimum absolute atomic E-state index is 0.0130. The molecule has 0 aliphatic carbocycles. The summed E-state index contributed by atoms with van der Waals surface area (Å²) in [4.78, 5) is 25.0. The summed E-state index contributed by atoms with van der Waals surface area (Å²) in [5.41, 5.74) is -0.115. The van der Waals surface area contributed by atoms with Crippen molar-refractivity contribution in [1.82, 2.24) is 4.90 Å². The Morgan fingerprint density at radius 1 is 1.41 bits per heavy atom. The number of carbonyl (C=O) groups is 2. The van der Waals surface area contributed by atoms with E-state index < -0.39 is 48.4 Å². The third-order valence-electron chi connectivity index (χ3n) is 3.50. The average Bonchev–Trinajstić information content (AvgIpc) is 2.40. The molecule has 1 aliphatic heterocycles. The Bertz CT molecular complexity index is 439. The Morgan fingerprint density at radius 3 is 2.45 bits per heavy atom. The van der Waals surface area contributed by atoms with Crippen LogP contribution in [0, 0.1) is 0 Å². The molecule has 1 amide bonds. The molecule has 1 saturated heterocycles. The second-order valence-corrected chi connectivity index (χ2v) is 6.41. The summed E-state index contributed by atoms with van der Waals surface area (Å²) >= 11 is 0. The molecule has 2 atom stereocenters. The number of carbonyl (C=O) groups excluding carboxylic acids is 2. The monoisotopic (exact) mass is 320 g/mol. The number of amides is 1. The van der Waals surface area contributed by atoms with Crippen LogP contribution in [0.3, 0.4) is 0 Å². The summed E-state index contributed by atoms with van der Waals surface area (Å²) in [6.45, 7) is 5.58. The largest absolute Gasteiger partial charge is 0.464 e. The summed E-state index contributed by atoms with van der Waals surface area (Å²) in [7, 11) is 0. The SMILES string of the molecule is CCOC(=O)C1(F)CCN(C(=O)OC(C)(C)C)CC1(O)CN. The van der Waals surface area contributed by atoms with Gasteiger partial charge in [-0.05, 0) is 27.7 Å². The Hall–Kier alpha value is -1.41. The van der Waals surface area contributed by atoms with E-state index in [4.69, 9.17) is 15.2 Å². The van der Waals surface area contributed by atoms with Crippen LogP contribution in [0.5, 0.6) is 0 Å². The Labute approximate surface area is 129 Å². The molecule has 2 unspecified atom stereocenters. The molecule has 0 bridgehead atoms. The normalized spacial score (nSPS) is 29.1. The predicted octanol–water partition coefficient (Wildman–Crippen LogP) is 0.588. The fourth-order valence-corrected chi connectivity index (χ4v) is 2.29. The van der Waals surface area contributed by atoms with Crippen LogP contribution in [0.4, 0.5) is 9.18 Å². The van der Waals surface area contributed by atoms with Crippen LogP contribution in [0.2, 0.25) is 0 Å². The Balaban J connectivity index is 2.93. The van der Waals surface area contributed by atoms with Crippen LogP contribution in [0.15, 0.2) is 0 Å². The van der Waals surface area contributed by atoms with Crippen LogP contribution >= 0.6 is 0 Å². The van der Waals surface area contributed by atoms with Gasteiger partial charge in [-0.2, -0.15) is 0 Å². The number of rotatable bonds is 3. The van der Waals surface area contributed by atoms with Gasteiger partial charge in [0, 0.05) is 19.5 Å². The highest BCUT2D eigenvalue weighted by Crippen LogP contribution is 2.36. The van der Waals surface area contributed by atoms with Gasteiger partial charge in [0.25, 0.3) is 0 Å². The number of alkyl halides is 1. The third-order valence-corrected chi connectivity index (χ3v) is 3.50. The molecule has 22 heavy (non-hydrogen) atoms. The van der Waals surface area contributed by atoms with E-state index in [0.29, 0.717) is 0 Å². The van der Waals surface area contributed by atoms with Crippen LogP contribution < -0.4 is 5.73 Å². The van der Waals surface area contributed by atoms with Gasteiger partial charge in [-0.1, -0.05) is 0 Å². The maximum absolute atomic E-state index is 15.0. The fraction of sp³-hybridized carbons (Fsp3) is 0.857. The maximum atomic E-state index is 15.0. The lowest BCUT2D eigenvalue weighted by atomic mass is 9.78. The lowest BCUT2D eigenvalue weighted by molar-refractivity contribution is -0.190. The summed E-state index contributed by atoms with van der Waals surface area (Å²) in [5, 5.41) is 10.5. The molecule has 1 fully saturated rings. The van der Waals surface area contributed by atoms with Gasteiger partial charge in [0.2, 0.25) is 5.67 Å². The molecule has 1 aliphatic rings. The molecule has 1 rings (SSSR count). The topological polar surface area (TPSA) is 102 Å². The van der Waals surface area contributed by atoms with Crippen LogP contribution in [0.1, 0.15) is 34.1 Å². The first-order chi connectivity index (χ1) is 9.99. The van der Waals surface area contributed by atoms with E-state index in [2.05, 4.69) is 0 Å². The molecule has 8 heteroatoms. The summed E-state index contributed by atoms with van der Waals surface area (Å²) in [6, 6.07) is 0. The highest BCUT2D eigenvalue weighted by atomic mass is 19.1. The second-order valence-electron chi connectivity index (χ2n) is 6.41. The molecule has 0 aromatic carbocycles. The first-order valence-corrected chi connectivity index (χ1v) is 7.25. The number of hydrogen-bond donors (Lipinski definition) is 2. The molecule has 1 heterocycles. The van der Waals surface area contributed by atoms with Gasteiger partial charge >= 0.3 is 12.1 Å². The fourth-order valence-electron chi connectivity index (χ4n) is 2.29. The number of nitrogens with two attached hydrogens (primary N) is 1. The minimum Gasteiger partial charge on any atom is -0.464 e. The number of halogens is 1. The van der Waals surface area contributed by atoms with Crippen molar-refractivity contribution < 1.29 is 28.6 Å². The zero-order valence-electron chi connectivity index (χ0n) is 13.5. The van der Waals surface area contributed by atoms with E-state index in [1.54, 1.807) is 27.7 Å². The molecule has 0 radical (unpaired) electrons. The Kier molecular flexibility index (Phi) is 5.40. The molecular weight excluding hydrogens is 295 g/mol. The van der Waals surface area contributed by atoms with Gasteiger partial charge < -0.3 is 25.2 Å². The van der Waals surface area contributed by atoms with Gasteiger partial charge in [-0.15, -0.1) is 0 Å². The third kappa shape index (κ3) is 3.67. The second kappa shape index (κ2) is 6.37. The van der Waals surface area contributed by atoms with Gasteiger partial charge in [0.1, 0.15) is 11.2 Å². The molecule has 3 N–H and O–H groups in total. The van der Waals surface area contributed by atoms with Gasteiger partial charge in [0.15, 0.2) is 0 Å². The van der Waals surface area contributed by atoms with Crippen molar-refractivity contribution in [3.8, 4) is 0 Å². The maximum Gasteiger partial charge on any atom is 0.410 e. The van der Waals surface area contributed by atoms with E-state index in [9.17, 15) is 19.1 Å². The van der Waals surface area contributed by atoms with Crippen molar-refractivity contribution in [3.63, 3.8) is 0 Å². The van der Waals surface area contributed by atoms with Gasteiger partial charge in [0.05, 0.1) is 13.2 Å². The van der Waals surface area contributed by atoms with Crippen molar-refractivity contribution >= 4 is 12.1 Å².